The van der Waals surface area contributed by atoms with Crippen molar-refractivity contribution in [2.75, 3.05) is 32.7 Å². The monoisotopic (exact) mass is 266 g/mol. The molecular formula is C15H26N2O2. The summed E-state index contributed by atoms with van der Waals surface area (Å²) >= 11 is 0. The Morgan fingerprint density at radius 2 is 1.89 bits per heavy atom. The SMILES string of the molecule is CC1CCN(C(=O)CN2CC3CCC(O)C3C2)CC1. The highest BCUT2D eigenvalue weighted by atomic mass is 16.3. The molecule has 0 spiro atoms. The molecule has 0 aromatic rings. The van der Waals surface area contributed by atoms with E-state index < -0.39 is 0 Å². The second-order valence-corrected chi connectivity index (χ2v) is 6.83. The molecule has 108 valence electrons. The molecule has 2 aliphatic heterocycles. The topological polar surface area (TPSA) is 43.8 Å². The number of piperidine rings is 1. The molecule has 4 nitrogen and oxygen atoms in total. The van der Waals surface area contributed by atoms with Gasteiger partial charge in [0, 0.05) is 32.1 Å². The lowest BCUT2D eigenvalue weighted by Crippen LogP contribution is -2.43. The number of rotatable bonds is 2. The number of carbonyl (C=O) groups is 1. The Bertz CT molecular complexity index is 339. The zero-order chi connectivity index (χ0) is 13.4. The molecule has 1 saturated carbocycles. The second-order valence-electron chi connectivity index (χ2n) is 6.83. The van der Waals surface area contributed by atoms with Crippen LogP contribution in [0.5, 0.6) is 0 Å². The first kappa shape index (κ1) is 13.4. The number of likely N-dealkylation sites (tertiary alicyclic amines) is 2. The Morgan fingerprint density at radius 1 is 1.16 bits per heavy atom. The maximum absolute atomic E-state index is 12.3. The number of amides is 1. The van der Waals surface area contributed by atoms with Crippen molar-refractivity contribution in [3.8, 4) is 0 Å². The van der Waals surface area contributed by atoms with Gasteiger partial charge in [0.25, 0.3) is 0 Å². The fraction of sp³-hybridized carbons (Fsp3) is 0.933. The van der Waals surface area contributed by atoms with Gasteiger partial charge in [-0.25, -0.2) is 0 Å². The molecule has 2 heterocycles. The molecule has 0 aromatic heterocycles. The predicted octanol–water partition coefficient (Wildman–Crippen LogP) is 0.948. The van der Waals surface area contributed by atoms with Crippen LogP contribution < -0.4 is 0 Å². The van der Waals surface area contributed by atoms with Crippen LogP contribution in [0.25, 0.3) is 0 Å². The summed E-state index contributed by atoms with van der Waals surface area (Å²) in [5, 5.41) is 9.91. The van der Waals surface area contributed by atoms with Crippen molar-refractivity contribution in [1.82, 2.24) is 9.80 Å². The van der Waals surface area contributed by atoms with E-state index in [0.29, 0.717) is 24.3 Å². The van der Waals surface area contributed by atoms with E-state index >= 15 is 0 Å². The van der Waals surface area contributed by atoms with Crippen LogP contribution in [0.4, 0.5) is 0 Å². The van der Waals surface area contributed by atoms with Crippen molar-refractivity contribution in [1.29, 1.82) is 0 Å². The van der Waals surface area contributed by atoms with Crippen LogP contribution >= 0.6 is 0 Å². The van der Waals surface area contributed by atoms with Gasteiger partial charge in [-0.15, -0.1) is 0 Å². The van der Waals surface area contributed by atoms with E-state index in [9.17, 15) is 9.90 Å². The molecule has 2 saturated heterocycles. The van der Waals surface area contributed by atoms with Crippen LogP contribution in [-0.2, 0) is 4.79 Å². The van der Waals surface area contributed by atoms with Crippen molar-refractivity contribution >= 4 is 5.91 Å². The number of aliphatic hydroxyl groups is 1. The van der Waals surface area contributed by atoms with Crippen molar-refractivity contribution in [2.24, 2.45) is 17.8 Å². The van der Waals surface area contributed by atoms with E-state index in [0.717, 1.165) is 57.8 Å². The third-order valence-corrected chi connectivity index (χ3v) is 5.39. The smallest absolute Gasteiger partial charge is 0.236 e. The standard InChI is InChI=1S/C15H26N2O2/c1-11-4-6-17(7-5-11)15(19)10-16-8-12-2-3-14(18)13(12)9-16/h11-14,18H,2-10H2,1H3. The number of hydrogen-bond acceptors (Lipinski definition) is 3. The third kappa shape index (κ3) is 2.79. The van der Waals surface area contributed by atoms with Gasteiger partial charge in [0.15, 0.2) is 0 Å². The highest BCUT2D eigenvalue weighted by Gasteiger charge is 2.42. The van der Waals surface area contributed by atoms with Gasteiger partial charge in [-0.3, -0.25) is 9.69 Å². The summed E-state index contributed by atoms with van der Waals surface area (Å²) in [4.78, 5) is 16.6. The average molecular weight is 266 g/mol. The molecule has 0 bridgehead atoms. The molecule has 1 aliphatic carbocycles. The molecule has 3 unspecified atom stereocenters. The van der Waals surface area contributed by atoms with Crippen LogP contribution in [0.3, 0.4) is 0 Å². The van der Waals surface area contributed by atoms with Gasteiger partial charge in [0.1, 0.15) is 0 Å². The van der Waals surface area contributed by atoms with Crippen LogP contribution in [0, 0.1) is 17.8 Å². The summed E-state index contributed by atoms with van der Waals surface area (Å²) in [7, 11) is 0. The minimum absolute atomic E-state index is 0.124. The van der Waals surface area contributed by atoms with Crippen molar-refractivity contribution in [3.63, 3.8) is 0 Å². The molecule has 3 atom stereocenters. The molecule has 0 aromatic carbocycles. The van der Waals surface area contributed by atoms with E-state index in [-0.39, 0.29) is 6.10 Å². The largest absolute Gasteiger partial charge is 0.393 e. The average Bonchev–Trinajstić information content (AvgIpc) is 2.93. The highest BCUT2D eigenvalue weighted by molar-refractivity contribution is 5.78. The quantitative estimate of drug-likeness (QED) is 0.809. The van der Waals surface area contributed by atoms with E-state index in [4.69, 9.17) is 0 Å². The van der Waals surface area contributed by atoms with E-state index in [1.54, 1.807) is 0 Å². The Kier molecular flexibility index (Phi) is 3.81. The fourth-order valence-electron chi connectivity index (χ4n) is 4.01. The van der Waals surface area contributed by atoms with Gasteiger partial charge < -0.3 is 10.0 Å². The maximum atomic E-state index is 12.3. The molecule has 19 heavy (non-hydrogen) atoms. The third-order valence-electron chi connectivity index (χ3n) is 5.39. The number of fused-ring (bicyclic) bond motifs is 1. The molecular weight excluding hydrogens is 240 g/mol. The predicted molar refractivity (Wildman–Crippen MR) is 73.6 cm³/mol. The van der Waals surface area contributed by atoms with Crippen LogP contribution in [-0.4, -0.2) is 59.6 Å². The van der Waals surface area contributed by atoms with Gasteiger partial charge in [-0.1, -0.05) is 6.92 Å². The lowest BCUT2D eigenvalue weighted by molar-refractivity contribution is -0.133. The second kappa shape index (κ2) is 5.41. The molecule has 1 N–H and O–H groups in total. The minimum atomic E-state index is -0.124. The molecule has 3 fully saturated rings. The first-order chi connectivity index (χ1) is 9.13. The van der Waals surface area contributed by atoms with Gasteiger partial charge in [0.05, 0.1) is 12.6 Å². The molecule has 4 heteroatoms. The van der Waals surface area contributed by atoms with Gasteiger partial charge in [-0.05, 0) is 37.5 Å². The lowest BCUT2D eigenvalue weighted by Gasteiger charge is -2.31. The Hall–Kier alpha value is -0.610. The van der Waals surface area contributed by atoms with Gasteiger partial charge >= 0.3 is 0 Å². The van der Waals surface area contributed by atoms with Crippen molar-refractivity contribution in [2.45, 2.75) is 38.7 Å². The first-order valence-electron chi connectivity index (χ1n) is 7.81. The molecule has 3 aliphatic rings. The lowest BCUT2D eigenvalue weighted by atomic mass is 9.99. The minimum Gasteiger partial charge on any atom is -0.393 e. The van der Waals surface area contributed by atoms with E-state index in [2.05, 4.69) is 11.8 Å². The van der Waals surface area contributed by atoms with Crippen LogP contribution in [0.15, 0.2) is 0 Å². The molecule has 3 rings (SSSR count). The summed E-state index contributed by atoms with van der Waals surface area (Å²) in [5.74, 6) is 2.12. The van der Waals surface area contributed by atoms with Crippen LogP contribution in [0.2, 0.25) is 0 Å². The van der Waals surface area contributed by atoms with Crippen molar-refractivity contribution < 1.29 is 9.90 Å². The number of carbonyl (C=O) groups excluding carboxylic acids is 1. The summed E-state index contributed by atoms with van der Waals surface area (Å²) in [6.45, 7) is 6.63. The normalized spacial score (nSPS) is 36.7. The van der Waals surface area contributed by atoms with Crippen molar-refractivity contribution in [3.05, 3.63) is 0 Å². The molecule has 1 amide bonds. The van der Waals surface area contributed by atoms with Gasteiger partial charge in [-0.2, -0.15) is 0 Å². The summed E-state index contributed by atoms with van der Waals surface area (Å²) in [5.41, 5.74) is 0. The summed E-state index contributed by atoms with van der Waals surface area (Å²) in [6, 6.07) is 0. The number of hydrogen-bond donors (Lipinski definition) is 1. The Balaban J connectivity index is 1.48. The van der Waals surface area contributed by atoms with Crippen LogP contribution in [0.1, 0.15) is 32.6 Å². The number of aliphatic hydroxyl groups excluding tert-OH is 1. The zero-order valence-corrected chi connectivity index (χ0v) is 11.9. The Labute approximate surface area is 115 Å². The summed E-state index contributed by atoms with van der Waals surface area (Å²) in [6.07, 6.45) is 4.27. The molecule has 0 radical (unpaired) electrons. The van der Waals surface area contributed by atoms with Gasteiger partial charge in [0.2, 0.25) is 5.91 Å². The number of nitrogens with zero attached hydrogens (tertiary/aromatic N) is 2. The fourth-order valence-corrected chi connectivity index (χ4v) is 4.01. The first-order valence-corrected chi connectivity index (χ1v) is 7.81. The summed E-state index contributed by atoms with van der Waals surface area (Å²) < 4.78 is 0. The maximum Gasteiger partial charge on any atom is 0.236 e. The van der Waals surface area contributed by atoms with E-state index in [1.165, 1.54) is 0 Å². The van der Waals surface area contributed by atoms with E-state index in [1.807, 2.05) is 4.90 Å². The zero-order valence-electron chi connectivity index (χ0n) is 11.9. The Morgan fingerprint density at radius 3 is 2.58 bits per heavy atom. The highest BCUT2D eigenvalue weighted by Crippen LogP contribution is 2.37.